The minimum Gasteiger partial charge on any atom is -0.477 e. The molecule has 0 spiro atoms. The van der Waals surface area contributed by atoms with Gasteiger partial charge in [-0.15, -0.1) is 0 Å². The molecular weight excluding hydrogens is 282 g/mol. The molecule has 118 valence electrons. The zero-order valence-electron chi connectivity index (χ0n) is 12.7. The largest absolute Gasteiger partial charge is 0.477 e. The molecule has 1 aliphatic heterocycles. The molecule has 1 N–H and O–H groups in total. The molecule has 0 radical (unpaired) electrons. The summed E-state index contributed by atoms with van der Waals surface area (Å²) in [5.74, 6) is 1.21. The SMILES string of the molecule is CN1C[C@@H](NC(=O)c2ccc(OCC3CC3)nc2)CCC1=O. The predicted octanol–water partition coefficient (Wildman–Crippen LogP) is 1.22. The summed E-state index contributed by atoms with van der Waals surface area (Å²) >= 11 is 0. The maximum atomic E-state index is 12.2. The van der Waals surface area contributed by atoms with Crippen molar-refractivity contribution in [3.05, 3.63) is 23.9 Å². The van der Waals surface area contributed by atoms with E-state index in [1.165, 1.54) is 19.0 Å². The molecule has 22 heavy (non-hydrogen) atoms. The molecule has 3 rings (SSSR count). The molecule has 2 aliphatic rings. The number of carbonyl (C=O) groups is 2. The van der Waals surface area contributed by atoms with Gasteiger partial charge >= 0.3 is 0 Å². The number of carbonyl (C=O) groups excluding carboxylic acids is 2. The summed E-state index contributed by atoms with van der Waals surface area (Å²) in [7, 11) is 1.76. The van der Waals surface area contributed by atoms with Crippen molar-refractivity contribution >= 4 is 11.8 Å². The fraction of sp³-hybridized carbons (Fsp3) is 0.562. The molecule has 0 aromatic carbocycles. The van der Waals surface area contributed by atoms with Gasteiger partial charge in [0.2, 0.25) is 11.8 Å². The van der Waals surface area contributed by atoms with Gasteiger partial charge in [0.1, 0.15) is 0 Å². The van der Waals surface area contributed by atoms with Crippen molar-refractivity contribution in [1.82, 2.24) is 15.2 Å². The fourth-order valence-electron chi connectivity index (χ4n) is 2.49. The number of hydrogen-bond acceptors (Lipinski definition) is 4. The highest BCUT2D eigenvalue weighted by molar-refractivity contribution is 5.94. The van der Waals surface area contributed by atoms with E-state index in [1.54, 1.807) is 24.1 Å². The highest BCUT2D eigenvalue weighted by Gasteiger charge is 2.24. The highest BCUT2D eigenvalue weighted by Crippen LogP contribution is 2.29. The van der Waals surface area contributed by atoms with Crippen LogP contribution in [0.5, 0.6) is 5.88 Å². The molecular formula is C16H21N3O3. The first-order valence-electron chi connectivity index (χ1n) is 7.75. The number of pyridine rings is 1. The van der Waals surface area contributed by atoms with Crippen molar-refractivity contribution in [3.63, 3.8) is 0 Å². The first-order chi connectivity index (χ1) is 10.6. The standard InChI is InChI=1S/C16H21N3O3/c1-19-9-13(5-7-15(19)20)18-16(21)12-4-6-14(17-8-12)22-10-11-2-3-11/h4,6,8,11,13H,2-3,5,7,9-10H2,1H3,(H,18,21)/t13-/m0/s1. The van der Waals surface area contributed by atoms with E-state index in [1.807, 2.05) is 0 Å². The van der Waals surface area contributed by atoms with Crippen LogP contribution in [0.3, 0.4) is 0 Å². The lowest BCUT2D eigenvalue weighted by Gasteiger charge is -2.30. The number of likely N-dealkylation sites (N-methyl/N-ethyl adjacent to an activating group) is 1. The molecule has 1 atom stereocenters. The van der Waals surface area contributed by atoms with Gasteiger partial charge in [-0.1, -0.05) is 0 Å². The lowest BCUT2D eigenvalue weighted by atomic mass is 10.1. The number of ether oxygens (including phenoxy) is 1. The van der Waals surface area contributed by atoms with E-state index < -0.39 is 0 Å². The Kier molecular flexibility index (Phi) is 4.27. The molecule has 1 saturated carbocycles. The van der Waals surface area contributed by atoms with Gasteiger partial charge in [0.15, 0.2) is 0 Å². The summed E-state index contributed by atoms with van der Waals surface area (Å²) in [6.07, 6.45) is 5.17. The zero-order chi connectivity index (χ0) is 15.5. The Hall–Kier alpha value is -2.11. The Bertz CT molecular complexity index is 554. The Morgan fingerprint density at radius 1 is 1.41 bits per heavy atom. The van der Waals surface area contributed by atoms with Crippen LogP contribution in [-0.2, 0) is 4.79 Å². The van der Waals surface area contributed by atoms with E-state index in [4.69, 9.17) is 4.74 Å². The summed E-state index contributed by atoms with van der Waals surface area (Å²) in [6, 6.07) is 3.46. The summed E-state index contributed by atoms with van der Waals surface area (Å²) in [6.45, 7) is 1.27. The second kappa shape index (κ2) is 6.34. The molecule has 0 bridgehead atoms. The van der Waals surface area contributed by atoms with Gasteiger partial charge in [0.25, 0.3) is 5.91 Å². The number of amides is 2. The zero-order valence-corrected chi connectivity index (χ0v) is 12.7. The number of piperidine rings is 1. The molecule has 1 saturated heterocycles. The van der Waals surface area contributed by atoms with E-state index >= 15 is 0 Å². The lowest BCUT2D eigenvalue weighted by Crippen LogP contribution is -2.48. The van der Waals surface area contributed by atoms with Crippen LogP contribution in [0.1, 0.15) is 36.0 Å². The molecule has 1 aromatic rings. The molecule has 0 unspecified atom stereocenters. The van der Waals surface area contributed by atoms with Crippen LogP contribution < -0.4 is 10.1 Å². The van der Waals surface area contributed by atoms with Crippen molar-refractivity contribution in [1.29, 1.82) is 0 Å². The maximum Gasteiger partial charge on any atom is 0.253 e. The first-order valence-corrected chi connectivity index (χ1v) is 7.75. The Balaban J connectivity index is 1.51. The summed E-state index contributed by atoms with van der Waals surface area (Å²) < 4.78 is 5.55. The van der Waals surface area contributed by atoms with Gasteiger partial charge in [0, 0.05) is 38.3 Å². The van der Waals surface area contributed by atoms with Crippen molar-refractivity contribution < 1.29 is 14.3 Å². The van der Waals surface area contributed by atoms with Crippen molar-refractivity contribution in [2.75, 3.05) is 20.2 Å². The monoisotopic (exact) mass is 303 g/mol. The van der Waals surface area contributed by atoms with Crippen LogP contribution in [-0.4, -0.2) is 47.9 Å². The normalized spacial score (nSPS) is 21.6. The molecule has 2 amide bonds. The number of likely N-dealkylation sites (tertiary alicyclic amines) is 1. The smallest absolute Gasteiger partial charge is 0.253 e. The van der Waals surface area contributed by atoms with Gasteiger partial charge < -0.3 is 15.0 Å². The van der Waals surface area contributed by atoms with Crippen LogP contribution in [0.15, 0.2) is 18.3 Å². The van der Waals surface area contributed by atoms with Gasteiger partial charge in [-0.2, -0.15) is 0 Å². The van der Waals surface area contributed by atoms with Crippen LogP contribution in [0.4, 0.5) is 0 Å². The third-order valence-electron chi connectivity index (χ3n) is 4.12. The topological polar surface area (TPSA) is 71.5 Å². The average Bonchev–Trinajstić information content (AvgIpc) is 3.34. The van der Waals surface area contributed by atoms with Crippen LogP contribution >= 0.6 is 0 Å². The lowest BCUT2D eigenvalue weighted by molar-refractivity contribution is -0.132. The first kappa shape index (κ1) is 14.8. The maximum absolute atomic E-state index is 12.2. The van der Waals surface area contributed by atoms with Crippen molar-refractivity contribution in [2.24, 2.45) is 5.92 Å². The molecule has 1 aromatic heterocycles. The number of nitrogens with zero attached hydrogens (tertiary/aromatic N) is 2. The number of aromatic nitrogens is 1. The second-order valence-electron chi connectivity index (χ2n) is 6.12. The Morgan fingerprint density at radius 3 is 2.86 bits per heavy atom. The molecule has 1 aliphatic carbocycles. The number of hydrogen-bond donors (Lipinski definition) is 1. The van der Waals surface area contributed by atoms with E-state index in [0.717, 1.165) is 0 Å². The fourth-order valence-corrected chi connectivity index (χ4v) is 2.49. The minimum atomic E-state index is -0.158. The van der Waals surface area contributed by atoms with E-state index in [0.29, 0.717) is 43.4 Å². The average molecular weight is 303 g/mol. The number of rotatable bonds is 5. The van der Waals surface area contributed by atoms with Crippen molar-refractivity contribution in [2.45, 2.75) is 31.7 Å². The Labute approximate surface area is 129 Å². The molecule has 2 fully saturated rings. The van der Waals surface area contributed by atoms with Crippen molar-refractivity contribution in [3.8, 4) is 5.88 Å². The summed E-state index contributed by atoms with van der Waals surface area (Å²) in [5, 5.41) is 2.95. The molecule has 6 heteroatoms. The summed E-state index contributed by atoms with van der Waals surface area (Å²) in [5.41, 5.74) is 0.512. The third-order valence-corrected chi connectivity index (χ3v) is 4.12. The minimum absolute atomic E-state index is 0.000920. The highest BCUT2D eigenvalue weighted by atomic mass is 16.5. The van der Waals surface area contributed by atoms with Crippen LogP contribution in [0.2, 0.25) is 0 Å². The quantitative estimate of drug-likeness (QED) is 0.888. The van der Waals surface area contributed by atoms with E-state index in [9.17, 15) is 9.59 Å². The van der Waals surface area contributed by atoms with Gasteiger partial charge in [0.05, 0.1) is 12.2 Å². The number of nitrogens with one attached hydrogen (secondary N) is 1. The Morgan fingerprint density at radius 2 is 2.23 bits per heavy atom. The summed E-state index contributed by atoms with van der Waals surface area (Å²) in [4.78, 5) is 29.5. The predicted molar refractivity (Wildman–Crippen MR) is 80.6 cm³/mol. The van der Waals surface area contributed by atoms with E-state index in [2.05, 4.69) is 10.3 Å². The van der Waals surface area contributed by atoms with E-state index in [-0.39, 0.29) is 17.9 Å². The van der Waals surface area contributed by atoms with Crippen LogP contribution in [0, 0.1) is 5.92 Å². The second-order valence-corrected chi connectivity index (χ2v) is 6.12. The molecule has 2 heterocycles. The van der Waals surface area contributed by atoms with Gasteiger partial charge in [-0.3, -0.25) is 9.59 Å². The van der Waals surface area contributed by atoms with Gasteiger partial charge in [-0.25, -0.2) is 4.98 Å². The third kappa shape index (κ3) is 3.75. The van der Waals surface area contributed by atoms with Crippen LogP contribution in [0.25, 0.3) is 0 Å². The van der Waals surface area contributed by atoms with Gasteiger partial charge in [-0.05, 0) is 31.2 Å². The molecule has 6 nitrogen and oxygen atoms in total.